The summed E-state index contributed by atoms with van der Waals surface area (Å²) in [5, 5.41) is 12.9. The highest BCUT2D eigenvalue weighted by atomic mass is 16.3. The first-order valence-corrected chi connectivity index (χ1v) is 7.10. The Bertz CT molecular complexity index is 416. The monoisotopic (exact) mass is 278 g/mol. The number of aliphatic hydroxyl groups is 1. The smallest absolute Gasteiger partial charge is 0.237 e. The van der Waals surface area contributed by atoms with Gasteiger partial charge in [0.15, 0.2) is 0 Å². The lowest BCUT2D eigenvalue weighted by Crippen LogP contribution is -2.48. The molecule has 0 saturated heterocycles. The van der Waals surface area contributed by atoms with Crippen molar-refractivity contribution in [3.63, 3.8) is 0 Å². The lowest BCUT2D eigenvalue weighted by molar-refractivity contribution is -0.123. The van der Waals surface area contributed by atoms with Crippen molar-refractivity contribution in [3.05, 3.63) is 35.9 Å². The first-order valence-electron chi connectivity index (χ1n) is 7.10. The third-order valence-electron chi connectivity index (χ3n) is 3.13. The second-order valence-electron chi connectivity index (χ2n) is 6.11. The van der Waals surface area contributed by atoms with Crippen LogP contribution in [0.15, 0.2) is 30.3 Å². The predicted octanol–water partition coefficient (Wildman–Crippen LogP) is 1.47. The Labute approximate surface area is 121 Å². The standard InChI is InChI=1S/C16H26N2O2/c1-12(2)10-16(3,20)11-18-15(19)14(17)9-13-7-5-4-6-8-13/h4-8,12,14,20H,9-11,17H2,1-3H3,(H,18,19)/t14-,16?/m1/s1. The number of nitrogens with one attached hydrogen (secondary N) is 1. The molecular formula is C16H26N2O2. The molecule has 0 bridgehead atoms. The van der Waals surface area contributed by atoms with Gasteiger partial charge in [0.1, 0.15) is 0 Å². The van der Waals surface area contributed by atoms with Gasteiger partial charge >= 0.3 is 0 Å². The number of carbonyl (C=O) groups is 1. The van der Waals surface area contributed by atoms with Crippen LogP contribution in [-0.4, -0.2) is 29.2 Å². The highest BCUT2D eigenvalue weighted by molar-refractivity contribution is 5.81. The van der Waals surface area contributed by atoms with Crippen molar-refractivity contribution in [2.75, 3.05) is 6.54 Å². The molecule has 1 amide bonds. The number of nitrogens with two attached hydrogens (primary N) is 1. The summed E-state index contributed by atoms with van der Waals surface area (Å²) in [4.78, 5) is 11.9. The molecule has 20 heavy (non-hydrogen) atoms. The van der Waals surface area contributed by atoms with Crippen LogP contribution in [0.4, 0.5) is 0 Å². The Kier molecular flexibility index (Phi) is 6.17. The Morgan fingerprint density at radius 1 is 1.35 bits per heavy atom. The van der Waals surface area contributed by atoms with Crippen LogP contribution in [0, 0.1) is 5.92 Å². The van der Waals surface area contributed by atoms with E-state index >= 15 is 0 Å². The van der Waals surface area contributed by atoms with E-state index in [1.807, 2.05) is 44.2 Å². The van der Waals surface area contributed by atoms with Gasteiger partial charge in [-0.05, 0) is 31.2 Å². The van der Waals surface area contributed by atoms with Gasteiger partial charge in [0.25, 0.3) is 0 Å². The highest BCUT2D eigenvalue weighted by Crippen LogP contribution is 2.15. The quantitative estimate of drug-likeness (QED) is 0.707. The maximum absolute atomic E-state index is 11.9. The lowest BCUT2D eigenvalue weighted by atomic mass is 9.94. The molecule has 0 aliphatic heterocycles. The van der Waals surface area contributed by atoms with E-state index in [2.05, 4.69) is 5.32 Å². The van der Waals surface area contributed by atoms with Gasteiger partial charge in [0.05, 0.1) is 11.6 Å². The third kappa shape index (κ3) is 6.17. The molecular weight excluding hydrogens is 252 g/mol. The van der Waals surface area contributed by atoms with E-state index in [1.54, 1.807) is 6.92 Å². The molecule has 0 fully saturated rings. The number of benzene rings is 1. The normalized spacial score (nSPS) is 15.7. The molecule has 0 aliphatic rings. The number of hydrogen-bond donors (Lipinski definition) is 3. The van der Waals surface area contributed by atoms with Crippen molar-refractivity contribution in [1.82, 2.24) is 5.32 Å². The van der Waals surface area contributed by atoms with E-state index in [-0.39, 0.29) is 12.5 Å². The van der Waals surface area contributed by atoms with E-state index in [0.717, 1.165) is 5.56 Å². The van der Waals surface area contributed by atoms with Gasteiger partial charge < -0.3 is 16.2 Å². The number of rotatable bonds is 7. The fourth-order valence-electron chi connectivity index (χ4n) is 2.32. The van der Waals surface area contributed by atoms with E-state index in [4.69, 9.17) is 5.73 Å². The average Bonchev–Trinajstić information content (AvgIpc) is 2.35. The van der Waals surface area contributed by atoms with Crippen LogP contribution in [0.3, 0.4) is 0 Å². The van der Waals surface area contributed by atoms with Crippen molar-refractivity contribution >= 4 is 5.91 Å². The van der Waals surface area contributed by atoms with Crippen LogP contribution in [0.2, 0.25) is 0 Å². The highest BCUT2D eigenvalue weighted by Gasteiger charge is 2.24. The van der Waals surface area contributed by atoms with Gasteiger partial charge in [0, 0.05) is 6.54 Å². The Balaban J connectivity index is 2.42. The van der Waals surface area contributed by atoms with Crippen LogP contribution >= 0.6 is 0 Å². The molecule has 1 aromatic carbocycles. The minimum absolute atomic E-state index is 0.224. The third-order valence-corrected chi connectivity index (χ3v) is 3.13. The van der Waals surface area contributed by atoms with Gasteiger partial charge in [-0.3, -0.25) is 4.79 Å². The topological polar surface area (TPSA) is 75.3 Å². The zero-order valence-electron chi connectivity index (χ0n) is 12.6. The largest absolute Gasteiger partial charge is 0.388 e. The first-order chi connectivity index (χ1) is 9.30. The average molecular weight is 278 g/mol. The van der Waals surface area contributed by atoms with Gasteiger partial charge in [0.2, 0.25) is 5.91 Å². The summed E-state index contributed by atoms with van der Waals surface area (Å²) in [7, 11) is 0. The van der Waals surface area contributed by atoms with Crippen molar-refractivity contribution < 1.29 is 9.90 Å². The number of hydrogen-bond acceptors (Lipinski definition) is 3. The van der Waals surface area contributed by atoms with E-state index in [9.17, 15) is 9.90 Å². The lowest BCUT2D eigenvalue weighted by Gasteiger charge is -2.26. The fraction of sp³-hybridized carbons (Fsp3) is 0.562. The summed E-state index contributed by atoms with van der Waals surface area (Å²) in [5.41, 5.74) is 6.03. The Morgan fingerprint density at radius 3 is 2.50 bits per heavy atom. The van der Waals surface area contributed by atoms with E-state index in [0.29, 0.717) is 18.8 Å². The zero-order chi connectivity index (χ0) is 15.2. The molecule has 4 N–H and O–H groups in total. The van der Waals surface area contributed by atoms with Crippen LogP contribution in [0.1, 0.15) is 32.8 Å². The summed E-state index contributed by atoms with van der Waals surface area (Å²) >= 11 is 0. The van der Waals surface area contributed by atoms with Crippen molar-refractivity contribution in [2.45, 2.75) is 45.3 Å². The van der Waals surface area contributed by atoms with Crippen LogP contribution in [0.5, 0.6) is 0 Å². The summed E-state index contributed by atoms with van der Waals surface area (Å²) in [6.45, 7) is 6.04. The first kappa shape index (κ1) is 16.7. The molecule has 0 radical (unpaired) electrons. The van der Waals surface area contributed by atoms with E-state index < -0.39 is 11.6 Å². The van der Waals surface area contributed by atoms with Gasteiger partial charge in [-0.2, -0.15) is 0 Å². The summed E-state index contributed by atoms with van der Waals surface area (Å²) < 4.78 is 0. The van der Waals surface area contributed by atoms with Crippen LogP contribution in [0.25, 0.3) is 0 Å². The molecule has 2 atom stereocenters. The predicted molar refractivity (Wildman–Crippen MR) is 81.2 cm³/mol. The molecule has 112 valence electrons. The molecule has 0 spiro atoms. The van der Waals surface area contributed by atoms with Crippen LogP contribution in [-0.2, 0) is 11.2 Å². The Morgan fingerprint density at radius 2 is 1.95 bits per heavy atom. The molecule has 0 aromatic heterocycles. The van der Waals surface area contributed by atoms with Crippen molar-refractivity contribution in [3.8, 4) is 0 Å². The van der Waals surface area contributed by atoms with Crippen molar-refractivity contribution in [2.24, 2.45) is 11.7 Å². The second kappa shape index (κ2) is 7.41. The minimum Gasteiger partial charge on any atom is -0.388 e. The molecule has 0 heterocycles. The summed E-state index contributed by atoms with van der Waals surface area (Å²) in [6.07, 6.45) is 1.14. The SMILES string of the molecule is CC(C)CC(C)(O)CNC(=O)[C@H](N)Cc1ccccc1. The molecule has 0 aliphatic carbocycles. The van der Waals surface area contributed by atoms with Crippen LogP contribution < -0.4 is 11.1 Å². The molecule has 4 heteroatoms. The fourth-order valence-corrected chi connectivity index (χ4v) is 2.32. The van der Waals surface area contributed by atoms with Gasteiger partial charge in [-0.25, -0.2) is 0 Å². The van der Waals surface area contributed by atoms with Gasteiger partial charge in [-0.15, -0.1) is 0 Å². The summed E-state index contributed by atoms with van der Waals surface area (Å²) in [5.74, 6) is 0.151. The molecule has 0 saturated carbocycles. The number of amides is 1. The Hall–Kier alpha value is -1.39. The summed E-state index contributed by atoms with van der Waals surface area (Å²) in [6, 6.07) is 9.08. The maximum Gasteiger partial charge on any atom is 0.237 e. The minimum atomic E-state index is -0.893. The molecule has 1 unspecified atom stereocenters. The number of carbonyl (C=O) groups excluding carboxylic acids is 1. The van der Waals surface area contributed by atoms with Crippen molar-refractivity contribution in [1.29, 1.82) is 0 Å². The van der Waals surface area contributed by atoms with Gasteiger partial charge in [-0.1, -0.05) is 44.2 Å². The molecule has 1 aromatic rings. The second-order valence-corrected chi connectivity index (χ2v) is 6.11. The molecule has 4 nitrogen and oxygen atoms in total. The maximum atomic E-state index is 11.9. The van der Waals surface area contributed by atoms with E-state index in [1.165, 1.54) is 0 Å². The zero-order valence-corrected chi connectivity index (χ0v) is 12.6. The molecule has 1 rings (SSSR count).